The number of nitriles is 1. The minimum atomic E-state index is -2.76. The van der Waals surface area contributed by atoms with E-state index in [9.17, 15) is 8.78 Å². The molecule has 6 heteroatoms. The Bertz CT molecular complexity index is 387. The summed E-state index contributed by atoms with van der Waals surface area (Å²) >= 11 is 5.45. The van der Waals surface area contributed by atoms with Crippen LogP contribution in [0.5, 0.6) is 0 Å². The van der Waals surface area contributed by atoms with Crippen LogP contribution >= 0.6 is 11.6 Å². The molecule has 0 spiro atoms. The van der Waals surface area contributed by atoms with Gasteiger partial charge in [0.15, 0.2) is 0 Å². The summed E-state index contributed by atoms with van der Waals surface area (Å²) in [4.78, 5) is 3.64. The number of aromatic nitrogens is 1. The van der Waals surface area contributed by atoms with E-state index >= 15 is 0 Å². The van der Waals surface area contributed by atoms with Crippen LogP contribution in [0, 0.1) is 11.3 Å². The largest absolute Gasteiger partial charge is 0.396 e. The minimum Gasteiger partial charge on any atom is -0.396 e. The number of hydrogen-bond donors (Lipinski definition) is 1. The Hall–Kier alpha value is -1.41. The van der Waals surface area contributed by atoms with E-state index in [0.29, 0.717) is 0 Å². The maximum Gasteiger partial charge on any atom is 0.266 e. The topological polar surface area (TPSA) is 62.7 Å². The van der Waals surface area contributed by atoms with E-state index in [2.05, 4.69) is 4.98 Å². The Kier molecular flexibility index (Phi) is 3.20. The van der Waals surface area contributed by atoms with Crippen molar-refractivity contribution in [3.63, 3.8) is 0 Å². The highest BCUT2D eigenvalue weighted by molar-refractivity contribution is 6.17. The molecule has 0 atom stereocenters. The number of halogens is 3. The van der Waals surface area contributed by atoms with Crippen LogP contribution in [0.25, 0.3) is 0 Å². The van der Waals surface area contributed by atoms with Crippen LogP contribution in [-0.4, -0.2) is 4.98 Å². The van der Waals surface area contributed by atoms with Crippen molar-refractivity contribution in [1.82, 2.24) is 4.98 Å². The third-order valence-corrected chi connectivity index (χ3v) is 1.96. The molecule has 2 N–H and O–H groups in total. The predicted molar refractivity (Wildman–Crippen MR) is 47.9 cm³/mol. The smallest absolute Gasteiger partial charge is 0.266 e. The molecule has 1 aromatic heterocycles. The van der Waals surface area contributed by atoms with Gasteiger partial charge in [-0.25, -0.2) is 8.78 Å². The van der Waals surface area contributed by atoms with Gasteiger partial charge in [0, 0.05) is 6.20 Å². The van der Waals surface area contributed by atoms with Crippen molar-refractivity contribution in [3.05, 3.63) is 23.0 Å². The van der Waals surface area contributed by atoms with Gasteiger partial charge in [-0.2, -0.15) is 5.26 Å². The first-order valence-electron chi connectivity index (χ1n) is 3.63. The van der Waals surface area contributed by atoms with Crippen LogP contribution in [0.1, 0.15) is 23.2 Å². The lowest BCUT2D eigenvalue weighted by molar-refractivity contribution is 0.150. The lowest BCUT2D eigenvalue weighted by Gasteiger charge is -2.07. The first-order valence-corrected chi connectivity index (χ1v) is 4.16. The third kappa shape index (κ3) is 1.75. The molecule has 1 rings (SSSR count). The van der Waals surface area contributed by atoms with E-state index in [-0.39, 0.29) is 22.8 Å². The normalized spacial score (nSPS) is 10.2. The number of pyridine rings is 1. The molecule has 0 unspecified atom stereocenters. The molecule has 0 saturated heterocycles. The van der Waals surface area contributed by atoms with Gasteiger partial charge in [-0.1, -0.05) is 0 Å². The van der Waals surface area contributed by atoms with Crippen molar-refractivity contribution in [2.75, 3.05) is 5.73 Å². The molecule has 0 fully saturated rings. The Morgan fingerprint density at radius 3 is 2.71 bits per heavy atom. The summed E-state index contributed by atoms with van der Waals surface area (Å²) in [5.74, 6) is -0.00989. The lowest BCUT2D eigenvalue weighted by atomic mass is 10.1. The molecule has 0 bridgehead atoms. The van der Waals surface area contributed by atoms with E-state index in [1.54, 1.807) is 6.07 Å². The van der Waals surface area contributed by atoms with Crippen LogP contribution in [0.2, 0.25) is 0 Å². The Labute approximate surface area is 84.1 Å². The van der Waals surface area contributed by atoms with Crippen molar-refractivity contribution in [1.29, 1.82) is 5.26 Å². The molecule has 14 heavy (non-hydrogen) atoms. The van der Waals surface area contributed by atoms with Gasteiger partial charge in [0.25, 0.3) is 6.43 Å². The van der Waals surface area contributed by atoms with Gasteiger partial charge in [0.05, 0.1) is 28.4 Å². The third-order valence-electron chi connectivity index (χ3n) is 1.70. The number of nitrogen functional groups attached to an aromatic ring is 1. The average molecular weight is 218 g/mol. The van der Waals surface area contributed by atoms with Crippen LogP contribution in [-0.2, 0) is 5.88 Å². The molecular formula is C8H6ClF2N3. The number of nitrogens with two attached hydrogens (primary N) is 1. The molecule has 1 aromatic rings. The maximum absolute atomic E-state index is 12.4. The zero-order valence-corrected chi connectivity index (χ0v) is 7.72. The van der Waals surface area contributed by atoms with Crippen LogP contribution < -0.4 is 5.73 Å². The van der Waals surface area contributed by atoms with Gasteiger partial charge in [-0.15, -0.1) is 11.6 Å². The van der Waals surface area contributed by atoms with Crippen molar-refractivity contribution < 1.29 is 8.78 Å². The molecular weight excluding hydrogens is 212 g/mol. The summed E-state index contributed by atoms with van der Waals surface area (Å²) in [6, 6.07) is 1.62. The molecule has 0 aliphatic carbocycles. The van der Waals surface area contributed by atoms with Gasteiger partial charge in [-0.3, -0.25) is 4.98 Å². The predicted octanol–water partition coefficient (Wildman–Crippen LogP) is 2.21. The molecule has 0 saturated carbocycles. The van der Waals surface area contributed by atoms with Gasteiger partial charge in [0.1, 0.15) is 6.07 Å². The summed E-state index contributed by atoms with van der Waals surface area (Å²) in [5, 5.41) is 8.63. The number of alkyl halides is 3. The fourth-order valence-corrected chi connectivity index (χ4v) is 1.19. The second kappa shape index (κ2) is 4.20. The number of hydrogen-bond acceptors (Lipinski definition) is 3. The zero-order valence-electron chi connectivity index (χ0n) is 6.97. The molecule has 0 aliphatic heterocycles. The summed E-state index contributed by atoms with van der Waals surface area (Å²) in [6.45, 7) is 0. The SMILES string of the molecule is N#Cc1c(C(F)F)cnc(CCl)c1N. The first kappa shape index (κ1) is 10.7. The number of nitrogens with zero attached hydrogens (tertiary/aromatic N) is 2. The van der Waals surface area contributed by atoms with E-state index in [1.165, 1.54) is 0 Å². The fourth-order valence-electron chi connectivity index (χ4n) is 0.978. The van der Waals surface area contributed by atoms with E-state index in [1.807, 2.05) is 0 Å². The Balaban J connectivity index is 3.38. The second-order valence-corrected chi connectivity index (χ2v) is 2.76. The zero-order chi connectivity index (χ0) is 10.7. The maximum atomic E-state index is 12.4. The number of rotatable bonds is 2. The van der Waals surface area contributed by atoms with Crippen molar-refractivity contribution in [2.45, 2.75) is 12.3 Å². The molecule has 0 radical (unpaired) electrons. The van der Waals surface area contributed by atoms with E-state index < -0.39 is 12.0 Å². The van der Waals surface area contributed by atoms with Crippen LogP contribution in [0.4, 0.5) is 14.5 Å². The standard InChI is InChI=1S/C8H6ClF2N3/c9-1-6-7(13)4(2-12)5(3-14-6)8(10)11/h3,8H,1,13H2. The van der Waals surface area contributed by atoms with Gasteiger partial charge in [0.2, 0.25) is 0 Å². The summed E-state index contributed by atoms with van der Waals surface area (Å²) in [5.41, 5.74) is 4.91. The molecule has 1 heterocycles. The average Bonchev–Trinajstić information content (AvgIpc) is 2.17. The lowest BCUT2D eigenvalue weighted by Crippen LogP contribution is -2.03. The highest BCUT2D eigenvalue weighted by Gasteiger charge is 2.18. The van der Waals surface area contributed by atoms with E-state index in [4.69, 9.17) is 22.6 Å². The quantitative estimate of drug-likeness (QED) is 0.773. The van der Waals surface area contributed by atoms with Gasteiger partial charge >= 0.3 is 0 Å². The minimum absolute atomic E-state index is 0.00989. The Morgan fingerprint density at radius 2 is 2.29 bits per heavy atom. The highest BCUT2D eigenvalue weighted by Crippen LogP contribution is 2.27. The molecule has 74 valence electrons. The van der Waals surface area contributed by atoms with Crippen molar-refractivity contribution in [2.24, 2.45) is 0 Å². The summed E-state index contributed by atoms with van der Waals surface area (Å²) in [6.07, 6.45) is -1.83. The Morgan fingerprint density at radius 1 is 1.64 bits per heavy atom. The molecule has 0 amide bonds. The highest BCUT2D eigenvalue weighted by atomic mass is 35.5. The molecule has 0 aromatic carbocycles. The van der Waals surface area contributed by atoms with E-state index in [0.717, 1.165) is 6.20 Å². The van der Waals surface area contributed by atoms with Crippen LogP contribution in [0.15, 0.2) is 6.20 Å². The van der Waals surface area contributed by atoms with Gasteiger partial charge < -0.3 is 5.73 Å². The monoisotopic (exact) mass is 217 g/mol. The second-order valence-electron chi connectivity index (χ2n) is 2.50. The van der Waals surface area contributed by atoms with Crippen LogP contribution in [0.3, 0.4) is 0 Å². The molecule has 0 aliphatic rings. The summed E-state index contributed by atoms with van der Waals surface area (Å²) < 4.78 is 24.7. The first-order chi connectivity index (χ1) is 6.61. The van der Waals surface area contributed by atoms with Gasteiger partial charge in [-0.05, 0) is 0 Å². The number of anilines is 1. The summed E-state index contributed by atoms with van der Waals surface area (Å²) in [7, 11) is 0. The van der Waals surface area contributed by atoms with Crippen molar-refractivity contribution in [3.8, 4) is 6.07 Å². The van der Waals surface area contributed by atoms with Crippen molar-refractivity contribution >= 4 is 17.3 Å². The molecule has 3 nitrogen and oxygen atoms in total. The fraction of sp³-hybridized carbons (Fsp3) is 0.250.